The van der Waals surface area contributed by atoms with Crippen LogP contribution in [-0.4, -0.2) is 34.3 Å². The van der Waals surface area contributed by atoms with Crippen molar-refractivity contribution in [2.45, 2.75) is 31.7 Å². The van der Waals surface area contributed by atoms with Crippen LogP contribution in [0.4, 0.5) is 0 Å². The van der Waals surface area contributed by atoms with Gasteiger partial charge in [0.05, 0.1) is 26.5 Å². The first-order valence-corrected chi connectivity index (χ1v) is 10.3. The van der Waals surface area contributed by atoms with Crippen LogP contribution in [0, 0.1) is 0 Å². The number of benzene rings is 1. The van der Waals surface area contributed by atoms with E-state index in [0.29, 0.717) is 4.88 Å². The van der Waals surface area contributed by atoms with Crippen molar-refractivity contribution in [3.63, 3.8) is 0 Å². The summed E-state index contributed by atoms with van der Waals surface area (Å²) in [6.45, 7) is -0.0160. The van der Waals surface area contributed by atoms with Crippen molar-refractivity contribution in [3.8, 4) is 9.88 Å². The molecule has 2 amide bonds. The van der Waals surface area contributed by atoms with Crippen LogP contribution in [-0.2, 0) is 4.79 Å². The minimum atomic E-state index is -0.465. The van der Waals surface area contributed by atoms with Gasteiger partial charge in [-0.2, -0.15) is 0 Å². The lowest BCUT2D eigenvalue weighted by Crippen LogP contribution is -2.43. The van der Waals surface area contributed by atoms with Gasteiger partial charge in [0.1, 0.15) is 5.01 Å². The molecule has 0 spiro atoms. The number of thiazole rings is 1. The summed E-state index contributed by atoms with van der Waals surface area (Å²) >= 11 is 3.05. The van der Waals surface area contributed by atoms with Gasteiger partial charge in [-0.15, -0.1) is 22.7 Å². The molecule has 26 heavy (non-hydrogen) atoms. The van der Waals surface area contributed by atoms with E-state index in [4.69, 9.17) is 5.73 Å². The number of para-hydroxylation sites is 1. The topological polar surface area (TPSA) is 76.3 Å². The quantitative estimate of drug-likeness (QED) is 0.724. The van der Waals surface area contributed by atoms with Crippen LogP contribution in [0.2, 0.25) is 0 Å². The molecule has 0 radical (unpaired) electrons. The molecule has 4 rings (SSSR count). The van der Waals surface area contributed by atoms with Crippen LogP contribution >= 0.6 is 22.7 Å². The number of amides is 2. The molecular weight excluding hydrogens is 366 g/mol. The van der Waals surface area contributed by atoms with E-state index >= 15 is 0 Å². The molecule has 1 aliphatic carbocycles. The maximum Gasteiger partial charge on any atom is 0.264 e. The number of carbonyl (C=O) groups excluding carboxylic acids is 2. The minimum absolute atomic E-state index is 0.0160. The Balaban J connectivity index is 1.60. The van der Waals surface area contributed by atoms with Gasteiger partial charge >= 0.3 is 0 Å². The highest BCUT2D eigenvalue weighted by Gasteiger charge is 2.29. The molecule has 5 nitrogen and oxygen atoms in total. The van der Waals surface area contributed by atoms with E-state index in [1.165, 1.54) is 11.3 Å². The molecule has 0 atom stereocenters. The summed E-state index contributed by atoms with van der Waals surface area (Å²) in [5, 5.41) is 0.914. The Hall–Kier alpha value is -2.25. The molecule has 1 saturated carbocycles. The van der Waals surface area contributed by atoms with Crippen LogP contribution < -0.4 is 5.73 Å². The highest BCUT2D eigenvalue weighted by atomic mass is 32.1. The third kappa shape index (κ3) is 3.37. The lowest BCUT2D eigenvalue weighted by Gasteiger charge is -2.27. The van der Waals surface area contributed by atoms with Crippen molar-refractivity contribution in [2.24, 2.45) is 5.73 Å². The Morgan fingerprint density at radius 3 is 2.62 bits per heavy atom. The second-order valence-corrected chi connectivity index (χ2v) is 8.60. The highest BCUT2D eigenvalue weighted by molar-refractivity contribution is 7.26. The molecular formula is C19H19N3O2S2. The number of aromatic nitrogens is 1. The fourth-order valence-electron chi connectivity index (χ4n) is 3.44. The smallest absolute Gasteiger partial charge is 0.264 e. The monoisotopic (exact) mass is 385 g/mol. The van der Waals surface area contributed by atoms with Gasteiger partial charge in [-0.25, -0.2) is 4.98 Å². The molecule has 1 aromatic carbocycles. The zero-order valence-electron chi connectivity index (χ0n) is 14.2. The number of hydrogen-bond acceptors (Lipinski definition) is 5. The third-order valence-electron chi connectivity index (χ3n) is 4.67. The number of rotatable bonds is 5. The Labute approximate surface area is 159 Å². The molecule has 2 heterocycles. The van der Waals surface area contributed by atoms with E-state index in [2.05, 4.69) is 4.98 Å². The Morgan fingerprint density at radius 2 is 1.88 bits per heavy atom. The van der Waals surface area contributed by atoms with Gasteiger partial charge in [0.25, 0.3) is 5.91 Å². The SMILES string of the molecule is NC(=O)CN(C(=O)c1ccc(-c2nc3ccccc3s2)s1)C1CCCC1. The Morgan fingerprint density at radius 1 is 1.12 bits per heavy atom. The van der Waals surface area contributed by atoms with E-state index in [1.54, 1.807) is 16.2 Å². The number of nitrogens with two attached hydrogens (primary N) is 1. The van der Waals surface area contributed by atoms with Crippen LogP contribution in [0.25, 0.3) is 20.1 Å². The van der Waals surface area contributed by atoms with E-state index in [0.717, 1.165) is 45.8 Å². The molecule has 2 aromatic heterocycles. The second kappa shape index (κ2) is 7.17. The predicted octanol–water partition coefficient (Wildman–Crippen LogP) is 3.89. The largest absolute Gasteiger partial charge is 0.368 e. The van der Waals surface area contributed by atoms with Crippen LogP contribution in [0.5, 0.6) is 0 Å². The summed E-state index contributed by atoms with van der Waals surface area (Å²) in [4.78, 5) is 32.4. The van der Waals surface area contributed by atoms with Crippen molar-refractivity contribution >= 4 is 44.7 Å². The Kier molecular flexibility index (Phi) is 4.74. The van der Waals surface area contributed by atoms with Gasteiger partial charge in [0.15, 0.2) is 0 Å². The summed E-state index contributed by atoms with van der Waals surface area (Å²) < 4.78 is 1.13. The molecule has 0 unspecified atom stereocenters. The van der Waals surface area contributed by atoms with Gasteiger partial charge in [-0.05, 0) is 37.1 Å². The highest BCUT2D eigenvalue weighted by Crippen LogP contribution is 2.35. The van der Waals surface area contributed by atoms with Crippen molar-refractivity contribution in [2.75, 3.05) is 6.54 Å². The van der Waals surface area contributed by atoms with Gasteiger partial charge in [-0.1, -0.05) is 25.0 Å². The van der Waals surface area contributed by atoms with E-state index < -0.39 is 5.91 Å². The first-order chi connectivity index (χ1) is 12.6. The van der Waals surface area contributed by atoms with E-state index in [1.807, 2.05) is 36.4 Å². The Bertz CT molecular complexity index is 924. The molecule has 0 saturated heterocycles. The number of hydrogen-bond donors (Lipinski definition) is 1. The van der Waals surface area contributed by atoms with Crippen molar-refractivity contribution in [1.82, 2.24) is 9.88 Å². The third-order valence-corrected chi connectivity index (χ3v) is 6.95. The molecule has 134 valence electrons. The number of primary amides is 1. The maximum absolute atomic E-state index is 13.0. The van der Waals surface area contributed by atoms with Crippen molar-refractivity contribution < 1.29 is 9.59 Å². The molecule has 3 aromatic rings. The number of nitrogens with zero attached hydrogens (tertiary/aromatic N) is 2. The van der Waals surface area contributed by atoms with Crippen LogP contribution in [0.15, 0.2) is 36.4 Å². The van der Waals surface area contributed by atoms with Crippen LogP contribution in [0.1, 0.15) is 35.4 Å². The van der Waals surface area contributed by atoms with E-state index in [9.17, 15) is 9.59 Å². The standard InChI is InChI=1S/C19H19N3O2S2/c20-17(23)11-22(12-5-1-2-6-12)19(24)16-10-9-15(25-16)18-21-13-7-3-4-8-14(13)26-18/h3-4,7-10,12H,1-2,5-6,11H2,(H2,20,23). The molecule has 0 aliphatic heterocycles. The minimum Gasteiger partial charge on any atom is -0.368 e. The summed E-state index contributed by atoms with van der Waals surface area (Å²) in [7, 11) is 0. The van der Waals surface area contributed by atoms with Gasteiger partial charge in [0.2, 0.25) is 5.91 Å². The van der Waals surface area contributed by atoms with Crippen molar-refractivity contribution in [3.05, 3.63) is 41.3 Å². The zero-order chi connectivity index (χ0) is 18.1. The molecule has 2 N–H and O–H groups in total. The number of thiophene rings is 1. The molecule has 0 bridgehead atoms. The fourth-order valence-corrected chi connectivity index (χ4v) is 5.42. The molecule has 1 aliphatic rings. The average Bonchev–Trinajstić information content (AvgIpc) is 3.38. The lowest BCUT2D eigenvalue weighted by atomic mass is 10.2. The summed E-state index contributed by atoms with van der Waals surface area (Å²) in [6, 6.07) is 11.9. The normalized spacial score (nSPS) is 14.8. The first-order valence-electron chi connectivity index (χ1n) is 8.67. The van der Waals surface area contributed by atoms with Crippen molar-refractivity contribution in [1.29, 1.82) is 0 Å². The van der Waals surface area contributed by atoms with Gasteiger partial charge in [0, 0.05) is 6.04 Å². The van der Waals surface area contributed by atoms with Gasteiger partial charge < -0.3 is 10.6 Å². The van der Waals surface area contributed by atoms with Gasteiger partial charge in [-0.3, -0.25) is 9.59 Å². The maximum atomic E-state index is 13.0. The summed E-state index contributed by atoms with van der Waals surface area (Å²) in [5.41, 5.74) is 6.35. The van der Waals surface area contributed by atoms with Crippen LogP contribution in [0.3, 0.4) is 0 Å². The predicted molar refractivity (Wildman–Crippen MR) is 105 cm³/mol. The second-order valence-electron chi connectivity index (χ2n) is 6.49. The fraction of sp³-hybridized carbons (Fsp3) is 0.316. The summed E-state index contributed by atoms with van der Waals surface area (Å²) in [6.07, 6.45) is 4.06. The number of carbonyl (C=O) groups is 2. The first kappa shape index (κ1) is 17.2. The molecule has 1 fully saturated rings. The van der Waals surface area contributed by atoms with E-state index in [-0.39, 0.29) is 18.5 Å². The molecule has 7 heteroatoms. The average molecular weight is 386 g/mol. The summed E-state index contributed by atoms with van der Waals surface area (Å²) in [5.74, 6) is -0.568. The number of fused-ring (bicyclic) bond motifs is 1. The zero-order valence-corrected chi connectivity index (χ0v) is 15.8. The lowest BCUT2D eigenvalue weighted by molar-refractivity contribution is -0.119.